The third-order valence-corrected chi connectivity index (χ3v) is 5.51. The Bertz CT molecular complexity index is 908. The number of likely N-dealkylation sites (tertiary alicyclic amines) is 1. The second kappa shape index (κ2) is 9.47. The van der Waals surface area contributed by atoms with E-state index >= 15 is 0 Å². The molecule has 0 spiro atoms. The van der Waals surface area contributed by atoms with E-state index in [-0.39, 0.29) is 5.91 Å². The predicted octanol–water partition coefficient (Wildman–Crippen LogP) is 4.79. The number of rotatable bonds is 5. The molecule has 150 valence electrons. The summed E-state index contributed by atoms with van der Waals surface area (Å²) in [4.78, 5) is 21.6. The maximum absolute atomic E-state index is 12.6. The second-order valence-electron chi connectivity index (χ2n) is 7.64. The van der Waals surface area contributed by atoms with Gasteiger partial charge in [-0.15, -0.1) is 0 Å². The van der Waals surface area contributed by atoms with Gasteiger partial charge in [-0.25, -0.2) is 4.98 Å². The van der Waals surface area contributed by atoms with Crippen molar-refractivity contribution < 1.29 is 4.79 Å². The minimum Gasteiger partial charge on any atom is -0.333 e. The van der Waals surface area contributed by atoms with E-state index in [1.807, 2.05) is 36.4 Å². The minimum absolute atomic E-state index is 0.0784. The van der Waals surface area contributed by atoms with Crippen molar-refractivity contribution in [2.45, 2.75) is 44.9 Å². The summed E-state index contributed by atoms with van der Waals surface area (Å²) in [6, 6.07) is 14.8. The highest BCUT2D eigenvalue weighted by molar-refractivity contribution is 6.11. The van der Waals surface area contributed by atoms with Crippen LogP contribution in [0.15, 0.2) is 42.6 Å². The fraction of sp³-hybridized carbons (Fsp3) is 0.417. The largest absolute Gasteiger partial charge is 0.333 e. The number of anilines is 3. The van der Waals surface area contributed by atoms with Gasteiger partial charge in [0.15, 0.2) is 5.82 Å². The van der Waals surface area contributed by atoms with E-state index in [1.54, 1.807) is 6.20 Å². The number of benzene rings is 1. The number of para-hydroxylation sites is 1. The number of aromatic nitrogens is 1. The lowest BCUT2D eigenvalue weighted by atomic mass is 10.1. The van der Waals surface area contributed by atoms with Gasteiger partial charge in [-0.3, -0.25) is 4.79 Å². The van der Waals surface area contributed by atoms with Gasteiger partial charge in [-0.1, -0.05) is 24.5 Å². The summed E-state index contributed by atoms with van der Waals surface area (Å²) in [6.45, 7) is 3.08. The molecule has 5 nitrogen and oxygen atoms in total. The van der Waals surface area contributed by atoms with Crippen LogP contribution < -0.4 is 10.2 Å². The average molecular weight is 389 g/mol. The van der Waals surface area contributed by atoms with Gasteiger partial charge in [-0.2, -0.15) is 0 Å². The molecule has 0 bridgehead atoms. The number of hydrogen-bond donors (Lipinski definition) is 1. The fourth-order valence-corrected chi connectivity index (χ4v) is 3.97. The lowest BCUT2D eigenvalue weighted by molar-refractivity contribution is 0.102. The van der Waals surface area contributed by atoms with Gasteiger partial charge in [0.2, 0.25) is 0 Å². The van der Waals surface area contributed by atoms with Crippen molar-refractivity contribution in [2.24, 2.45) is 0 Å². The van der Waals surface area contributed by atoms with Crippen LogP contribution in [-0.4, -0.2) is 35.4 Å². The van der Waals surface area contributed by atoms with E-state index in [9.17, 15) is 4.79 Å². The first-order valence-corrected chi connectivity index (χ1v) is 10.7. The van der Waals surface area contributed by atoms with Crippen LogP contribution in [-0.2, 0) is 0 Å². The predicted molar refractivity (Wildman–Crippen MR) is 117 cm³/mol. The van der Waals surface area contributed by atoms with Crippen LogP contribution in [0.25, 0.3) is 0 Å². The Labute approximate surface area is 173 Å². The van der Waals surface area contributed by atoms with Gasteiger partial charge in [0, 0.05) is 38.3 Å². The van der Waals surface area contributed by atoms with Crippen molar-refractivity contribution in [2.75, 3.05) is 29.9 Å². The van der Waals surface area contributed by atoms with E-state index in [4.69, 9.17) is 0 Å². The van der Waals surface area contributed by atoms with Gasteiger partial charge >= 0.3 is 0 Å². The second-order valence-corrected chi connectivity index (χ2v) is 7.64. The van der Waals surface area contributed by atoms with Crippen LogP contribution in [0.4, 0.5) is 17.2 Å². The molecule has 1 fully saturated rings. The van der Waals surface area contributed by atoms with Crippen molar-refractivity contribution in [1.82, 2.24) is 9.88 Å². The van der Waals surface area contributed by atoms with Crippen molar-refractivity contribution in [3.63, 3.8) is 0 Å². The summed E-state index contributed by atoms with van der Waals surface area (Å²) in [5, 5.41) is 2.99. The molecular formula is C24H28N4O. The van der Waals surface area contributed by atoms with Crippen molar-refractivity contribution >= 4 is 23.1 Å². The number of carbonyl (C=O) groups excluding carboxylic acids is 1. The molecule has 1 N–H and O–H groups in total. The molecule has 1 saturated heterocycles. The molecule has 0 aliphatic carbocycles. The zero-order chi connectivity index (χ0) is 19.9. The molecule has 1 aromatic heterocycles. The standard InChI is InChI=1S/C24H28N4O/c29-24-20-12-5-6-14-22(20)28(23-21(26-24)13-11-15-25-23)19-10-3-1-2-7-16-27-17-8-4-9-18-27/h5-6,11-15H,1-4,8-10,17-19H2,(H,26,29). The van der Waals surface area contributed by atoms with Crippen LogP contribution >= 0.6 is 0 Å². The van der Waals surface area contributed by atoms with Gasteiger partial charge in [0.1, 0.15) is 0 Å². The topological polar surface area (TPSA) is 48.5 Å². The normalized spacial score (nSPS) is 15.5. The Kier molecular flexibility index (Phi) is 6.31. The Balaban J connectivity index is 1.36. The summed E-state index contributed by atoms with van der Waals surface area (Å²) in [7, 11) is 0. The molecule has 2 aliphatic rings. The van der Waals surface area contributed by atoms with E-state index in [1.165, 1.54) is 19.3 Å². The number of amides is 1. The number of pyridine rings is 1. The molecule has 29 heavy (non-hydrogen) atoms. The Morgan fingerprint density at radius 2 is 1.86 bits per heavy atom. The molecule has 2 aliphatic heterocycles. The first-order chi connectivity index (χ1) is 14.3. The van der Waals surface area contributed by atoms with Crippen molar-refractivity contribution in [1.29, 1.82) is 0 Å². The summed E-state index contributed by atoms with van der Waals surface area (Å²) in [6.07, 6.45) is 9.86. The van der Waals surface area contributed by atoms with Gasteiger partial charge < -0.3 is 15.1 Å². The zero-order valence-corrected chi connectivity index (χ0v) is 16.9. The average Bonchev–Trinajstić information content (AvgIpc) is 2.88. The van der Waals surface area contributed by atoms with Crippen LogP contribution in [0.5, 0.6) is 0 Å². The molecule has 3 heterocycles. The van der Waals surface area contributed by atoms with E-state index in [0.717, 1.165) is 62.5 Å². The highest BCUT2D eigenvalue weighted by Crippen LogP contribution is 2.36. The van der Waals surface area contributed by atoms with Gasteiger partial charge in [0.25, 0.3) is 5.91 Å². The molecule has 0 radical (unpaired) electrons. The fourth-order valence-electron chi connectivity index (χ4n) is 3.97. The summed E-state index contributed by atoms with van der Waals surface area (Å²) < 4.78 is 0. The highest BCUT2D eigenvalue weighted by Gasteiger charge is 2.25. The van der Waals surface area contributed by atoms with Gasteiger partial charge in [0.05, 0.1) is 16.9 Å². The summed E-state index contributed by atoms with van der Waals surface area (Å²) >= 11 is 0. The van der Waals surface area contributed by atoms with E-state index in [0.29, 0.717) is 5.56 Å². The molecule has 2 aromatic rings. The number of fused-ring (bicyclic) bond motifs is 2. The molecule has 5 heteroatoms. The molecule has 0 saturated carbocycles. The molecule has 1 amide bonds. The number of nitrogens with one attached hydrogen (secondary N) is 1. The summed E-state index contributed by atoms with van der Waals surface area (Å²) in [5.41, 5.74) is 2.38. The Hall–Kier alpha value is -3.00. The Morgan fingerprint density at radius 1 is 1.00 bits per heavy atom. The number of unbranched alkanes of at least 4 members (excludes halogenated alkanes) is 3. The maximum Gasteiger partial charge on any atom is 0.257 e. The van der Waals surface area contributed by atoms with Crippen molar-refractivity contribution in [3.05, 3.63) is 48.2 Å². The van der Waals surface area contributed by atoms with Crippen molar-refractivity contribution in [3.8, 4) is 12.0 Å². The maximum atomic E-state index is 12.6. The lowest BCUT2D eigenvalue weighted by Crippen LogP contribution is -2.24. The number of carbonyl (C=O) groups is 1. The number of nitrogens with zero attached hydrogens (tertiary/aromatic N) is 3. The third-order valence-electron chi connectivity index (χ3n) is 5.51. The number of piperidine rings is 1. The number of hydrogen-bond acceptors (Lipinski definition) is 4. The van der Waals surface area contributed by atoms with Crippen LogP contribution in [0.1, 0.15) is 55.3 Å². The SMILES string of the molecule is O=C1Nc2cccnc2N(CCCCCC#CN2CCCCC2)c2ccccc21. The van der Waals surface area contributed by atoms with Crippen LogP contribution in [0.3, 0.4) is 0 Å². The summed E-state index contributed by atoms with van der Waals surface area (Å²) in [5.74, 6) is 4.07. The minimum atomic E-state index is -0.0784. The van der Waals surface area contributed by atoms with Crippen LogP contribution in [0, 0.1) is 12.0 Å². The Morgan fingerprint density at radius 3 is 2.76 bits per heavy atom. The van der Waals surface area contributed by atoms with E-state index in [2.05, 4.69) is 32.1 Å². The third kappa shape index (κ3) is 4.71. The molecule has 0 unspecified atom stereocenters. The molecule has 4 rings (SSSR count). The zero-order valence-electron chi connectivity index (χ0n) is 16.9. The lowest BCUT2D eigenvalue weighted by Gasteiger charge is -2.24. The molecule has 1 aromatic carbocycles. The van der Waals surface area contributed by atoms with E-state index < -0.39 is 0 Å². The molecular weight excluding hydrogens is 360 g/mol. The van der Waals surface area contributed by atoms with Gasteiger partial charge in [-0.05, 0) is 56.4 Å². The first kappa shape index (κ1) is 19.3. The monoisotopic (exact) mass is 388 g/mol. The van der Waals surface area contributed by atoms with Crippen LogP contribution in [0.2, 0.25) is 0 Å². The first-order valence-electron chi connectivity index (χ1n) is 10.7. The smallest absolute Gasteiger partial charge is 0.257 e. The molecule has 0 atom stereocenters. The quantitative estimate of drug-likeness (QED) is 0.591. The highest BCUT2D eigenvalue weighted by atomic mass is 16.1.